The number of ether oxygens (including phenoxy) is 1. The van der Waals surface area contributed by atoms with Crippen molar-refractivity contribution in [2.75, 3.05) is 19.6 Å². The average Bonchev–Trinajstić information content (AvgIpc) is 3.44. The fraction of sp³-hybridized carbons (Fsp3) is 0.391. The molecule has 190 valence electrons. The van der Waals surface area contributed by atoms with E-state index >= 15 is 0 Å². The summed E-state index contributed by atoms with van der Waals surface area (Å²) in [6, 6.07) is 7.01. The molecule has 0 aliphatic carbocycles. The topological polar surface area (TPSA) is 177 Å². The van der Waals surface area contributed by atoms with Crippen molar-refractivity contribution < 1.29 is 29.0 Å². The van der Waals surface area contributed by atoms with Gasteiger partial charge in [0.1, 0.15) is 17.7 Å². The number of nitrogens with zero attached hydrogens (tertiary/aromatic N) is 3. The number of hydrogen-bond acceptors (Lipinski definition) is 10. The van der Waals surface area contributed by atoms with Crippen LogP contribution in [0.3, 0.4) is 0 Å². The van der Waals surface area contributed by atoms with Crippen LogP contribution in [0.4, 0.5) is 0 Å². The summed E-state index contributed by atoms with van der Waals surface area (Å²) >= 11 is 1.29. The summed E-state index contributed by atoms with van der Waals surface area (Å²) in [7, 11) is 0. The predicted molar refractivity (Wildman–Crippen MR) is 128 cm³/mol. The molecule has 5 N–H and O–H groups in total. The molecule has 0 radical (unpaired) electrons. The highest BCUT2D eigenvalue weighted by molar-refractivity contribution is 7.03. The zero-order valence-corrected chi connectivity index (χ0v) is 20.1. The molecule has 3 unspecified atom stereocenters. The summed E-state index contributed by atoms with van der Waals surface area (Å²) < 4.78 is 8.48. The van der Waals surface area contributed by atoms with Crippen molar-refractivity contribution in [2.24, 2.45) is 11.7 Å². The molecule has 1 aromatic heterocycles. The van der Waals surface area contributed by atoms with Crippen LogP contribution in [-0.2, 0) is 30.5 Å². The molecule has 0 bridgehead atoms. The molecule has 0 saturated carbocycles. The highest BCUT2D eigenvalue weighted by atomic mass is 32.1. The first-order chi connectivity index (χ1) is 17.3. The largest absolute Gasteiger partial charge is 0.434 e. The van der Waals surface area contributed by atoms with E-state index in [2.05, 4.69) is 25.0 Å². The summed E-state index contributed by atoms with van der Waals surface area (Å²) in [5.41, 5.74) is 9.10. The van der Waals surface area contributed by atoms with E-state index < -0.39 is 41.9 Å². The van der Waals surface area contributed by atoms with Crippen molar-refractivity contribution in [3.05, 3.63) is 46.9 Å². The van der Waals surface area contributed by atoms with E-state index in [-0.39, 0.29) is 25.9 Å². The average molecular weight is 515 g/mol. The maximum Gasteiger partial charge on any atom is 0.310 e. The zero-order valence-electron chi connectivity index (χ0n) is 19.3. The van der Waals surface area contributed by atoms with Gasteiger partial charge in [-0.05, 0) is 29.1 Å². The van der Waals surface area contributed by atoms with Crippen LogP contribution in [0.1, 0.15) is 18.4 Å². The minimum atomic E-state index is -1.44. The van der Waals surface area contributed by atoms with Gasteiger partial charge in [-0.15, -0.1) is 5.10 Å². The van der Waals surface area contributed by atoms with Gasteiger partial charge in [0.25, 0.3) is 0 Å². The third kappa shape index (κ3) is 6.30. The van der Waals surface area contributed by atoms with Crippen molar-refractivity contribution in [1.29, 1.82) is 0 Å². The van der Waals surface area contributed by atoms with E-state index in [1.54, 1.807) is 6.08 Å². The second-order valence-electron chi connectivity index (χ2n) is 8.60. The number of aliphatic hydroxyl groups is 1. The summed E-state index contributed by atoms with van der Waals surface area (Å²) in [6.45, 7) is 0.762. The number of aliphatic hydroxyl groups excluding tert-OH is 1. The van der Waals surface area contributed by atoms with E-state index in [0.717, 1.165) is 22.4 Å². The Bertz CT molecular complexity index is 1150. The second kappa shape index (κ2) is 11.4. The molecular formula is C23H26N6O6S. The zero-order chi connectivity index (χ0) is 25.7. The minimum Gasteiger partial charge on any atom is -0.434 e. The number of esters is 1. The van der Waals surface area contributed by atoms with Gasteiger partial charge < -0.3 is 31.1 Å². The number of rotatable bonds is 9. The number of aromatic nitrogens is 2. The number of benzene rings is 1. The Balaban J connectivity index is 1.34. The van der Waals surface area contributed by atoms with Crippen LogP contribution in [0.2, 0.25) is 0 Å². The van der Waals surface area contributed by atoms with Gasteiger partial charge in [0.2, 0.25) is 24.0 Å². The van der Waals surface area contributed by atoms with E-state index in [1.807, 2.05) is 29.6 Å². The van der Waals surface area contributed by atoms with Crippen molar-refractivity contribution in [3.63, 3.8) is 0 Å². The van der Waals surface area contributed by atoms with Crippen LogP contribution < -0.4 is 16.4 Å². The third-order valence-electron chi connectivity index (χ3n) is 5.94. The first-order valence-electron chi connectivity index (χ1n) is 11.3. The summed E-state index contributed by atoms with van der Waals surface area (Å²) in [5, 5.41) is 21.4. The normalized spacial score (nSPS) is 22.1. The van der Waals surface area contributed by atoms with Crippen LogP contribution in [-0.4, -0.2) is 75.3 Å². The lowest BCUT2D eigenvalue weighted by Gasteiger charge is -2.25. The number of carbonyl (C=O) groups excluding carboxylic acids is 4. The van der Waals surface area contributed by atoms with Gasteiger partial charge in [-0.2, -0.15) is 0 Å². The molecule has 13 heteroatoms. The van der Waals surface area contributed by atoms with Crippen LogP contribution in [0.15, 0.2) is 41.3 Å². The molecule has 2 aromatic rings. The number of carbonyl (C=O) groups is 4. The summed E-state index contributed by atoms with van der Waals surface area (Å²) in [4.78, 5) is 49.8. The van der Waals surface area contributed by atoms with E-state index in [0.29, 0.717) is 13.1 Å². The monoisotopic (exact) mass is 514 g/mol. The van der Waals surface area contributed by atoms with Gasteiger partial charge >= 0.3 is 5.97 Å². The van der Waals surface area contributed by atoms with Gasteiger partial charge in [-0.25, -0.2) is 0 Å². The smallest absolute Gasteiger partial charge is 0.310 e. The number of nitrogens with two attached hydrogens (primary N) is 1. The third-order valence-corrected chi connectivity index (χ3v) is 6.45. The molecule has 3 heterocycles. The Labute approximate surface area is 210 Å². The predicted octanol–water partition coefficient (Wildman–Crippen LogP) is -0.695. The molecule has 4 rings (SSSR count). The minimum absolute atomic E-state index is 0.126. The second-order valence-corrected chi connectivity index (χ2v) is 9.21. The highest BCUT2D eigenvalue weighted by Crippen LogP contribution is 2.19. The van der Waals surface area contributed by atoms with E-state index in [4.69, 9.17) is 5.73 Å². The molecule has 1 aromatic carbocycles. The van der Waals surface area contributed by atoms with Gasteiger partial charge in [0.15, 0.2) is 0 Å². The summed E-state index contributed by atoms with van der Waals surface area (Å²) in [6.07, 6.45) is 0.334. The number of hydrogen-bond donors (Lipinski definition) is 4. The summed E-state index contributed by atoms with van der Waals surface area (Å²) in [5.74, 6) is -3.60. The number of allylic oxidation sites excluding steroid dienone is 1. The van der Waals surface area contributed by atoms with Gasteiger partial charge in [-0.3, -0.25) is 19.2 Å². The maximum atomic E-state index is 12.9. The van der Waals surface area contributed by atoms with Gasteiger partial charge in [-0.1, -0.05) is 34.8 Å². The Hall–Kier alpha value is -3.68. The Morgan fingerprint density at radius 3 is 2.64 bits per heavy atom. The van der Waals surface area contributed by atoms with Crippen LogP contribution in [0, 0.1) is 5.92 Å². The quantitative estimate of drug-likeness (QED) is 0.191. The molecule has 3 amide bonds. The van der Waals surface area contributed by atoms with Crippen molar-refractivity contribution in [3.8, 4) is 11.3 Å². The Morgan fingerprint density at radius 1 is 1.22 bits per heavy atom. The molecule has 1 fully saturated rings. The molecular weight excluding hydrogens is 488 g/mol. The molecule has 0 spiro atoms. The van der Waals surface area contributed by atoms with Crippen LogP contribution in [0.25, 0.3) is 11.3 Å². The number of primary amides is 1. The fourth-order valence-corrected chi connectivity index (χ4v) is 4.50. The number of amides is 3. The van der Waals surface area contributed by atoms with Crippen LogP contribution in [0.5, 0.6) is 0 Å². The van der Waals surface area contributed by atoms with Crippen molar-refractivity contribution in [2.45, 2.75) is 31.7 Å². The number of nitrogens with one attached hydrogen (secondary N) is 2. The molecule has 2 aliphatic rings. The molecule has 3 atom stereocenters. The maximum absolute atomic E-state index is 12.9. The lowest BCUT2D eigenvalue weighted by Crippen LogP contribution is -2.49. The molecule has 1 saturated heterocycles. The van der Waals surface area contributed by atoms with E-state index in [9.17, 15) is 24.3 Å². The fourth-order valence-electron chi connectivity index (χ4n) is 4.04. The first-order valence-corrected chi connectivity index (χ1v) is 12.1. The van der Waals surface area contributed by atoms with Gasteiger partial charge in [0.05, 0.1) is 13.0 Å². The Morgan fingerprint density at radius 2 is 2.00 bits per heavy atom. The lowest BCUT2D eigenvalue weighted by molar-refractivity contribution is -0.155. The lowest BCUT2D eigenvalue weighted by atomic mass is 10.0. The highest BCUT2D eigenvalue weighted by Gasteiger charge is 2.36. The number of cyclic esters (lactones) is 1. The molecule has 12 nitrogen and oxygen atoms in total. The first kappa shape index (κ1) is 25.4. The standard InChI is InChI=1S/C23H26N6O6S/c24-21(32)16-6-3-14(9-25-8-13-1-4-15(5-2-13)18-12-36-28-27-18)10-29(22(16)33)11-19(30)26-17-7-20(31)35-23(17)34/h1-5,12,16-17,23,25,34H,6-11H2,(H2,24,32)(H,26,30). The van der Waals surface area contributed by atoms with Gasteiger partial charge in [0, 0.05) is 30.6 Å². The van der Waals surface area contributed by atoms with Crippen molar-refractivity contribution >= 4 is 35.2 Å². The van der Waals surface area contributed by atoms with Crippen molar-refractivity contribution in [1.82, 2.24) is 25.1 Å². The van der Waals surface area contributed by atoms with Crippen LogP contribution >= 0.6 is 11.5 Å². The van der Waals surface area contributed by atoms with E-state index in [1.165, 1.54) is 16.4 Å². The SMILES string of the molecule is NC(=O)C1CC=C(CNCc2ccc(-c3csnn3)cc2)CN(CC(=O)NC2CC(=O)OC2O)C1=O. The molecule has 2 aliphatic heterocycles. The molecule has 36 heavy (non-hydrogen) atoms. The Kier molecular flexibility index (Phi) is 8.03.